The first-order valence-corrected chi connectivity index (χ1v) is 12.9. The SMILES string of the molecule is O=C(N[C@@H]1CCC[C@H]1NC(=O)c1nc2c(s1)CN(C1CC1)CC2)c1cc2cc(Cl)ccc2[nH]1. The van der Waals surface area contributed by atoms with Gasteiger partial charge in [-0.2, -0.15) is 0 Å². The second-order valence-electron chi connectivity index (χ2n) is 9.35. The topological polar surface area (TPSA) is 90.1 Å². The number of nitrogens with zero attached hydrogens (tertiary/aromatic N) is 2. The van der Waals surface area contributed by atoms with Crippen LogP contribution >= 0.6 is 22.9 Å². The minimum atomic E-state index is -0.168. The molecule has 3 heterocycles. The summed E-state index contributed by atoms with van der Waals surface area (Å²) >= 11 is 7.58. The Morgan fingerprint density at radius 3 is 2.67 bits per heavy atom. The van der Waals surface area contributed by atoms with Crippen LogP contribution < -0.4 is 10.6 Å². The third-order valence-electron chi connectivity index (χ3n) is 6.99. The van der Waals surface area contributed by atoms with Crippen LogP contribution in [0.2, 0.25) is 5.02 Å². The smallest absolute Gasteiger partial charge is 0.280 e. The van der Waals surface area contributed by atoms with E-state index < -0.39 is 0 Å². The molecular formula is C24H26ClN5O2S. The van der Waals surface area contributed by atoms with Crippen molar-refractivity contribution in [3.8, 4) is 0 Å². The van der Waals surface area contributed by atoms with Gasteiger partial charge < -0.3 is 15.6 Å². The molecule has 172 valence electrons. The first kappa shape index (κ1) is 21.1. The van der Waals surface area contributed by atoms with E-state index in [1.807, 2.05) is 18.2 Å². The summed E-state index contributed by atoms with van der Waals surface area (Å²) < 4.78 is 0. The fourth-order valence-corrected chi connectivity index (χ4v) is 6.29. The van der Waals surface area contributed by atoms with Crippen molar-refractivity contribution in [1.29, 1.82) is 0 Å². The first-order valence-electron chi connectivity index (χ1n) is 11.7. The average molecular weight is 484 g/mol. The quantitative estimate of drug-likeness (QED) is 0.513. The van der Waals surface area contributed by atoms with Gasteiger partial charge in [-0.25, -0.2) is 4.98 Å². The Labute approximate surface area is 200 Å². The van der Waals surface area contributed by atoms with Crippen LogP contribution in [0.25, 0.3) is 10.9 Å². The highest BCUT2D eigenvalue weighted by molar-refractivity contribution is 7.13. The average Bonchev–Trinajstić information content (AvgIpc) is 3.21. The zero-order valence-electron chi connectivity index (χ0n) is 18.2. The van der Waals surface area contributed by atoms with E-state index in [1.165, 1.54) is 29.1 Å². The van der Waals surface area contributed by atoms with Gasteiger partial charge in [0.05, 0.1) is 5.69 Å². The van der Waals surface area contributed by atoms with E-state index >= 15 is 0 Å². The molecule has 0 saturated heterocycles. The molecule has 1 aliphatic heterocycles. The molecule has 2 aliphatic carbocycles. The molecule has 3 aromatic rings. The summed E-state index contributed by atoms with van der Waals surface area (Å²) in [6.45, 7) is 1.96. The van der Waals surface area contributed by atoms with Gasteiger partial charge in [0, 0.05) is 58.4 Å². The fraction of sp³-hybridized carbons (Fsp3) is 0.458. The van der Waals surface area contributed by atoms with Crippen molar-refractivity contribution in [2.45, 2.75) is 63.2 Å². The van der Waals surface area contributed by atoms with Crippen molar-refractivity contribution in [2.75, 3.05) is 6.54 Å². The number of aromatic amines is 1. The predicted molar refractivity (Wildman–Crippen MR) is 129 cm³/mol. The number of H-pyrrole nitrogens is 1. The lowest BCUT2D eigenvalue weighted by Crippen LogP contribution is -2.48. The number of amides is 2. The van der Waals surface area contributed by atoms with Gasteiger partial charge in [0.25, 0.3) is 11.8 Å². The number of nitrogens with one attached hydrogen (secondary N) is 3. The second-order valence-corrected chi connectivity index (χ2v) is 10.9. The van der Waals surface area contributed by atoms with Gasteiger partial charge in [-0.3, -0.25) is 14.5 Å². The van der Waals surface area contributed by atoms with Crippen LogP contribution in [-0.4, -0.2) is 51.4 Å². The molecule has 2 saturated carbocycles. The van der Waals surface area contributed by atoms with Crippen LogP contribution in [0.15, 0.2) is 24.3 Å². The Morgan fingerprint density at radius 2 is 1.88 bits per heavy atom. The number of carbonyl (C=O) groups is 2. The number of hydrogen-bond donors (Lipinski definition) is 3. The van der Waals surface area contributed by atoms with E-state index in [-0.39, 0.29) is 23.9 Å². The minimum absolute atomic E-state index is 0.0934. The largest absolute Gasteiger partial charge is 0.351 e. The van der Waals surface area contributed by atoms with Crippen LogP contribution in [0.3, 0.4) is 0 Å². The predicted octanol–water partition coefficient (Wildman–Crippen LogP) is 3.88. The normalized spacial score (nSPS) is 22.9. The number of fused-ring (bicyclic) bond motifs is 2. The highest BCUT2D eigenvalue weighted by Gasteiger charge is 2.34. The van der Waals surface area contributed by atoms with Gasteiger partial charge >= 0.3 is 0 Å². The van der Waals surface area contributed by atoms with Crippen molar-refractivity contribution >= 4 is 45.7 Å². The Morgan fingerprint density at radius 1 is 1.09 bits per heavy atom. The lowest BCUT2D eigenvalue weighted by Gasteiger charge is -2.25. The Kier molecular flexibility index (Phi) is 5.39. The Balaban J connectivity index is 1.11. The number of aromatic nitrogens is 2. The Hall–Kier alpha value is -2.42. The van der Waals surface area contributed by atoms with E-state index in [9.17, 15) is 9.59 Å². The summed E-state index contributed by atoms with van der Waals surface area (Å²) in [5.41, 5.74) is 2.45. The molecule has 9 heteroatoms. The standard InChI is InChI=1S/C24H26ClN5O2S/c25-14-4-7-16-13(10-14)11-20(26-16)22(31)27-17-2-1-3-18(17)28-23(32)24-29-19-8-9-30(15-5-6-15)12-21(19)33-24/h4,7,10-11,15,17-18,26H,1-3,5-6,8-9,12H2,(H,27,31)(H,28,32)/t17-,18-/m1/s1. The second kappa shape index (κ2) is 8.42. The summed E-state index contributed by atoms with van der Waals surface area (Å²) in [4.78, 5) is 37.4. The van der Waals surface area contributed by atoms with E-state index in [4.69, 9.17) is 11.6 Å². The molecule has 2 aromatic heterocycles. The van der Waals surface area contributed by atoms with Crippen molar-refractivity contribution in [1.82, 2.24) is 25.5 Å². The first-order chi connectivity index (χ1) is 16.0. The maximum absolute atomic E-state index is 13.0. The van der Waals surface area contributed by atoms with Gasteiger partial charge in [0.15, 0.2) is 5.01 Å². The van der Waals surface area contributed by atoms with E-state index in [2.05, 4.69) is 25.5 Å². The zero-order valence-corrected chi connectivity index (χ0v) is 19.8. The maximum atomic E-state index is 13.0. The van der Waals surface area contributed by atoms with Crippen molar-refractivity contribution in [2.24, 2.45) is 0 Å². The number of hydrogen-bond acceptors (Lipinski definition) is 5. The molecule has 2 fully saturated rings. The summed E-state index contributed by atoms with van der Waals surface area (Å²) in [6, 6.07) is 7.84. The van der Waals surface area contributed by atoms with Gasteiger partial charge in [-0.1, -0.05) is 11.6 Å². The summed E-state index contributed by atoms with van der Waals surface area (Å²) in [5, 5.41) is 8.33. The molecule has 1 aromatic carbocycles. The number of benzene rings is 1. The molecule has 0 spiro atoms. The molecule has 2 atom stereocenters. The molecule has 0 radical (unpaired) electrons. The molecule has 7 nitrogen and oxygen atoms in total. The highest BCUT2D eigenvalue weighted by atomic mass is 35.5. The molecule has 3 aliphatic rings. The van der Waals surface area contributed by atoms with Crippen molar-refractivity contribution in [3.63, 3.8) is 0 Å². The molecule has 3 N–H and O–H groups in total. The van der Waals surface area contributed by atoms with E-state index in [0.717, 1.165) is 61.4 Å². The zero-order chi connectivity index (χ0) is 22.5. The molecular weight excluding hydrogens is 458 g/mol. The minimum Gasteiger partial charge on any atom is -0.351 e. The summed E-state index contributed by atoms with van der Waals surface area (Å²) in [5.74, 6) is -0.294. The Bertz CT molecular complexity index is 1230. The number of thiazole rings is 1. The molecule has 33 heavy (non-hydrogen) atoms. The van der Waals surface area contributed by atoms with Gasteiger partial charge in [0.2, 0.25) is 0 Å². The number of rotatable bonds is 5. The third-order valence-corrected chi connectivity index (χ3v) is 8.31. The summed E-state index contributed by atoms with van der Waals surface area (Å²) in [6.07, 6.45) is 6.16. The monoisotopic (exact) mass is 483 g/mol. The maximum Gasteiger partial charge on any atom is 0.280 e. The number of halogens is 1. The van der Waals surface area contributed by atoms with Crippen molar-refractivity contribution in [3.05, 3.63) is 50.6 Å². The number of carbonyl (C=O) groups excluding carboxylic acids is 2. The van der Waals surface area contributed by atoms with Crippen molar-refractivity contribution < 1.29 is 9.59 Å². The molecule has 2 amide bonds. The van der Waals surface area contributed by atoms with E-state index in [0.29, 0.717) is 15.7 Å². The van der Waals surface area contributed by atoms with E-state index in [1.54, 1.807) is 6.07 Å². The fourth-order valence-electron chi connectivity index (χ4n) is 5.07. The van der Waals surface area contributed by atoms with Crippen LogP contribution in [0.4, 0.5) is 0 Å². The third kappa shape index (κ3) is 4.27. The van der Waals surface area contributed by atoms with Crippen LogP contribution in [0, 0.1) is 0 Å². The lowest BCUT2D eigenvalue weighted by molar-refractivity contribution is 0.0889. The van der Waals surface area contributed by atoms with Crippen LogP contribution in [0.5, 0.6) is 0 Å². The highest BCUT2D eigenvalue weighted by Crippen LogP contribution is 2.33. The van der Waals surface area contributed by atoms with Gasteiger partial charge in [0.1, 0.15) is 5.69 Å². The van der Waals surface area contributed by atoms with Crippen LogP contribution in [0.1, 0.15) is 63.0 Å². The lowest BCUT2D eigenvalue weighted by atomic mass is 10.1. The van der Waals surface area contributed by atoms with Gasteiger partial charge in [-0.15, -0.1) is 11.3 Å². The molecule has 0 bridgehead atoms. The van der Waals surface area contributed by atoms with Gasteiger partial charge in [-0.05, 0) is 56.4 Å². The molecule has 0 unspecified atom stereocenters. The van der Waals surface area contributed by atoms with Crippen LogP contribution in [-0.2, 0) is 13.0 Å². The summed E-state index contributed by atoms with van der Waals surface area (Å²) in [7, 11) is 0. The molecule has 6 rings (SSSR count).